The van der Waals surface area contributed by atoms with Gasteiger partial charge in [0.1, 0.15) is 29.3 Å². The number of carbonyl (C=O) groups is 4. The highest BCUT2D eigenvalue weighted by molar-refractivity contribution is 5.95. The zero-order chi connectivity index (χ0) is 33.9. The number of terminal acetylenes is 2. The molecular formula is C36H45N3O6. The minimum absolute atomic E-state index is 0.116. The molecule has 0 saturated heterocycles. The van der Waals surface area contributed by atoms with Crippen molar-refractivity contribution < 1.29 is 28.7 Å². The van der Waals surface area contributed by atoms with Gasteiger partial charge in [0.05, 0.1) is 0 Å². The van der Waals surface area contributed by atoms with Gasteiger partial charge >= 0.3 is 12.1 Å². The van der Waals surface area contributed by atoms with Crippen molar-refractivity contribution in [1.82, 2.24) is 15.5 Å². The van der Waals surface area contributed by atoms with Gasteiger partial charge in [-0.25, -0.2) is 9.59 Å². The van der Waals surface area contributed by atoms with Crippen LogP contribution >= 0.6 is 0 Å². The molecule has 2 N–H and O–H groups in total. The maximum absolute atomic E-state index is 14.3. The minimum atomic E-state index is -1.46. The molecule has 45 heavy (non-hydrogen) atoms. The van der Waals surface area contributed by atoms with Gasteiger partial charge in [0.25, 0.3) is 5.91 Å². The number of amides is 3. The number of rotatable bonds is 11. The number of carbonyl (C=O) groups excluding carboxylic acids is 4. The van der Waals surface area contributed by atoms with Gasteiger partial charge in [-0.05, 0) is 59.1 Å². The predicted molar refractivity (Wildman–Crippen MR) is 173 cm³/mol. The van der Waals surface area contributed by atoms with Crippen LogP contribution < -0.4 is 10.6 Å². The summed E-state index contributed by atoms with van der Waals surface area (Å²) in [6, 6.07) is 14.3. The van der Waals surface area contributed by atoms with Crippen molar-refractivity contribution in [2.45, 2.75) is 97.6 Å². The van der Waals surface area contributed by atoms with Crippen LogP contribution in [0, 0.1) is 30.7 Å². The molecule has 2 aromatic rings. The monoisotopic (exact) mass is 615 g/mol. The van der Waals surface area contributed by atoms with Crippen LogP contribution in [0.1, 0.15) is 84.5 Å². The third-order valence-electron chi connectivity index (χ3n) is 6.74. The van der Waals surface area contributed by atoms with Crippen molar-refractivity contribution in [3.63, 3.8) is 0 Å². The number of hydrogen-bond donors (Lipinski definition) is 2. The lowest BCUT2D eigenvalue weighted by atomic mass is 9.94. The van der Waals surface area contributed by atoms with Crippen LogP contribution in [0.15, 0.2) is 54.6 Å². The van der Waals surface area contributed by atoms with E-state index >= 15 is 0 Å². The van der Waals surface area contributed by atoms with E-state index in [1.807, 2.05) is 37.3 Å². The smallest absolute Gasteiger partial charge is 0.408 e. The van der Waals surface area contributed by atoms with Crippen molar-refractivity contribution in [2.24, 2.45) is 5.92 Å². The van der Waals surface area contributed by atoms with Crippen LogP contribution in [0.2, 0.25) is 0 Å². The van der Waals surface area contributed by atoms with E-state index in [-0.39, 0.29) is 17.9 Å². The Kier molecular flexibility index (Phi) is 12.8. The van der Waals surface area contributed by atoms with Crippen LogP contribution in [0.3, 0.4) is 0 Å². The van der Waals surface area contributed by atoms with Crippen LogP contribution in [0.5, 0.6) is 0 Å². The normalized spacial score (nSPS) is 13.9. The number of ether oxygens (including phenoxy) is 2. The fourth-order valence-electron chi connectivity index (χ4n) is 4.46. The Morgan fingerprint density at radius 2 is 1.44 bits per heavy atom. The summed E-state index contributed by atoms with van der Waals surface area (Å²) >= 11 is 0. The number of hydrogen-bond acceptors (Lipinski definition) is 6. The third kappa shape index (κ3) is 11.0. The van der Waals surface area contributed by atoms with E-state index in [2.05, 4.69) is 22.6 Å². The van der Waals surface area contributed by atoms with E-state index in [4.69, 9.17) is 22.3 Å². The first-order valence-corrected chi connectivity index (χ1v) is 14.9. The third-order valence-corrected chi connectivity index (χ3v) is 6.74. The van der Waals surface area contributed by atoms with E-state index in [0.29, 0.717) is 12.0 Å². The molecule has 0 heterocycles. The van der Waals surface area contributed by atoms with Crippen LogP contribution in [-0.2, 0) is 30.3 Å². The molecular weight excluding hydrogens is 570 g/mol. The van der Waals surface area contributed by atoms with Crippen molar-refractivity contribution in [3.05, 3.63) is 71.3 Å². The van der Waals surface area contributed by atoms with E-state index in [9.17, 15) is 19.2 Å². The number of alkyl carbamates (subject to hydrolysis) is 1. The average Bonchev–Trinajstić information content (AvgIpc) is 2.96. The zero-order valence-electron chi connectivity index (χ0n) is 27.5. The first kappa shape index (κ1) is 36.4. The van der Waals surface area contributed by atoms with Gasteiger partial charge in [0, 0.05) is 23.6 Å². The Morgan fingerprint density at radius 3 is 1.98 bits per heavy atom. The van der Waals surface area contributed by atoms with Gasteiger partial charge in [0.2, 0.25) is 5.91 Å². The Bertz CT molecular complexity index is 1430. The molecule has 2 rings (SSSR count). The Balaban J connectivity index is 2.62. The number of nitrogens with zero attached hydrogens (tertiary/aromatic N) is 1. The molecule has 0 aliphatic rings. The molecule has 0 bridgehead atoms. The second-order valence-electron chi connectivity index (χ2n) is 12.8. The summed E-state index contributed by atoms with van der Waals surface area (Å²) in [6.07, 6.45) is 11.5. The number of nitrogens with one attached hydrogen (secondary N) is 2. The second kappa shape index (κ2) is 15.8. The largest absolute Gasteiger partial charge is 0.458 e. The summed E-state index contributed by atoms with van der Waals surface area (Å²) in [5, 5.41) is 5.41. The fraction of sp³-hybridized carbons (Fsp3) is 0.444. The van der Waals surface area contributed by atoms with E-state index in [1.54, 1.807) is 72.7 Å². The second-order valence-corrected chi connectivity index (χ2v) is 12.8. The fourth-order valence-corrected chi connectivity index (χ4v) is 4.46. The summed E-state index contributed by atoms with van der Waals surface area (Å²) in [5.41, 5.74) is -0.279. The number of benzene rings is 2. The standard InChI is InChI=1S/C36H45N3O6/c1-11-24(4)29(38-34(43)45-36(8,9)10)32(41)39(13-3)30(27-22-18-17-21-26(27)12-2)31(40)37-28(33(42)44-35(5,6)7)23-25-19-15-14-16-20-25/h2-3,14-22,24,28-30H,11,23H2,1,4-10H3,(H,37,40)(H,38,43). The predicted octanol–water partition coefficient (Wildman–Crippen LogP) is 5.14. The Morgan fingerprint density at radius 1 is 0.867 bits per heavy atom. The molecule has 9 nitrogen and oxygen atoms in total. The zero-order valence-corrected chi connectivity index (χ0v) is 27.5. The lowest BCUT2D eigenvalue weighted by molar-refractivity contribution is -0.159. The van der Waals surface area contributed by atoms with Gasteiger partial charge in [0.15, 0.2) is 0 Å². The maximum atomic E-state index is 14.3. The van der Waals surface area contributed by atoms with Gasteiger partial charge in [-0.2, -0.15) is 0 Å². The summed E-state index contributed by atoms with van der Waals surface area (Å²) in [5.74, 6) is 0.0248. The molecule has 3 amide bonds. The van der Waals surface area contributed by atoms with E-state index in [0.717, 1.165) is 10.5 Å². The molecule has 9 heteroatoms. The highest BCUT2D eigenvalue weighted by Crippen LogP contribution is 2.27. The molecule has 0 aromatic heterocycles. The van der Waals surface area contributed by atoms with Crippen LogP contribution in [-0.4, -0.2) is 52.1 Å². The van der Waals surface area contributed by atoms with Gasteiger partial charge in [-0.15, -0.1) is 6.42 Å². The van der Waals surface area contributed by atoms with Crippen molar-refractivity contribution in [2.75, 3.05) is 0 Å². The summed E-state index contributed by atoms with van der Waals surface area (Å²) in [4.78, 5) is 55.5. The van der Waals surface area contributed by atoms with Crippen molar-refractivity contribution >= 4 is 23.9 Å². The molecule has 2 aromatic carbocycles. The van der Waals surface area contributed by atoms with Gasteiger partial charge in [-0.3, -0.25) is 14.5 Å². The van der Waals surface area contributed by atoms with Crippen LogP contribution in [0.25, 0.3) is 0 Å². The molecule has 0 spiro atoms. The maximum Gasteiger partial charge on any atom is 0.408 e. The van der Waals surface area contributed by atoms with Gasteiger partial charge < -0.3 is 20.1 Å². The Labute approximate surface area is 267 Å². The lowest BCUT2D eigenvalue weighted by Crippen LogP contribution is -2.55. The van der Waals surface area contributed by atoms with Crippen molar-refractivity contribution in [1.29, 1.82) is 0 Å². The first-order chi connectivity index (χ1) is 21.0. The molecule has 0 aliphatic heterocycles. The molecule has 0 radical (unpaired) electrons. The summed E-state index contributed by atoms with van der Waals surface area (Å²) in [6.45, 7) is 13.9. The summed E-state index contributed by atoms with van der Waals surface area (Å²) < 4.78 is 11.0. The molecule has 240 valence electrons. The van der Waals surface area contributed by atoms with Crippen molar-refractivity contribution in [3.8, 4) is 24.8 Å². The first-order valence-electron chi connectivity index (χ1n) is 14.9. The van der Waals surface area contributed by atoms with E-state index < -0.39 is 53.2 Å². The molecule has 4 atom stereocenters. The van der Waals surface area contributed by atoms with Gasteiger partial charge in [-0.1, -0.05) is 81.1 Å². The summed E-state index contributed by atoms with van der Waals surface area (Å²) in [7, 11) is 0. The highest BCUT2D eigenvalue weighted by atomic mass is 16.6. The molecule has 0 fully saturated rings. The van der Waals surface area contributed by atoms with E-state index in [1.165, 1.54) is 0 Å². The van der Waals surface area contributed by atoms with Crippen LogP contribution in [0.4, 0.5) is 4.79 Å². The quantitative estimate of drug-likeness (QED) is 0.206. The topological polar surface area (TPSA) is 114 Å². The molecule has 0 aliphatic carbocycles. The molecule has 4 unspecified atom stereocenters. The lowest BCUT2D eigenvalue weighted by Gasteiger charge is -2.33. The SMILES string of the molecule is C#Cc1ccccc1C(C(=O)NC(Cc1ccccc1)C(=O)OC(C)(C)C)N(C#C)C(=O)C(NC(=O)OC(C)(C)C)C(C)CC. The average molecular weight is 616 g/mol. The molecule has 0 saturated carbocycles. The number of esters is 1. The minimum Gasteiger partial charge on any atom is -0.458 e. The highest BCUT2D eigenvalue weighted by Gasteiger charge is 2.40. The Hall–Kier alpha value is -4.76.